The van der Waals surface area contributed by atoms with Gasteiger partial charge in [0.15, 0.2) is 5.65 Å². The smallest absolute Gasteiger partial charge is 0.177 e. The van der Waals surface area contributed by atoms with E-state index in [4.69, 9.17) is 22.2 Å². The molecule has 2 aromatic heterocycles. The molecule has 0 amide bonds. The van der Waals surface area contributed by atoms with Crippen molar-refractivity contribution < 1.29 is 0 Å². The monoisotopic (exact) mass is 342 g/mol. The lowest BCUT2D eigenvalue weighted by Crippen LogP contribution is -2.25. The van der Waals surface area contributed by atoms with Crippen molar-refractivity contribution in [1.82, 2.24) is 14.6 Å². The largest absolute Gasteiger partial charge is 0.395 e. The van der Waals surface area contributed by atoms with Gasteiger partial charge in [-0.3, -0.25) is 0 Å². The summed E-state index contributed by atoms with van der Waals surface area (Å²) in [5.74, 6) is 1.70. The van der Waals surface area contributed by atoms with Crippen LogP contribution in [-0.4, -0.2) is 20.6 Å². The minimum absolute atomic E-state index is 0.342. The van der Waals surface area contributed by atoms with E-state index in [9.17, 15) is 0 Å². The number of hydrogen-bond donors (Lipinski definition) is 3. The summed E-state index contributed by atoms with van der Waals surface area (Å²) in [4.78, 5) is 4.83. The van der Waals surface area contributed by atoms with E-state index in [1.54, 1.807) is 4.52 Å². The van der Waals surface area contributed by atoms with Crippen LogP contribution in [0.1, 0.15) is 75.0 Å². The molecule has 2 fully saturated rings. The fourth-order valence-electron chi connectivity index (χ4n) is 4.60. The van der Waals surface area contributed by atoms with Crippen LogP contribution in [-0.2, 0) is 6.42 Å². The zero-order valence-electron chi connectivity index (χ0n) is 15.0. The minimum atomic E-state index is 0.342. The second-order valence-electron chi connectivity index (χ2n) is 8.03. The Morgan fingerprint density at radius 3 is 2.44 bits per heavy atom. The van der Waals surface area contributed by atoms with Gasteiger partial charge in [0.05, 0.1) is 17.6 Å². The molecule has 6 nitrogen and oxygen atoms in total. The fraction of sp³-hybridized carbons (Fsp3) is 0.684. The zero-order chi connectivity index (χ0) is 17.4. The third kappa shape index (κ3) is 3.32. The van der Waals surface area contributed by atoms with Crippen molar-refractivity contribution in [2.45, 2.75) is 76.2 Å². The second kappa shape index (κ2) is 6.83. The lowest BCUT2D eigenvalue weighted by Gasteiger charge is -2.24. The lowest BCUT2D eigenvalue weighted by atomic mass is 9.84. The number of rotatable bonds is 3. The van der Waals surface area contributed by atoms with Crippen LogP contribution in [0.4, 0.5) is 11.5 Å². The molecule has 2 heterocycles. The number of aromatic nitrogens is 3. The van der Waals surface area contributed by atoms with Crippen LogP contribution < -0.4 is 17.2 Å². The molecule has 0 spiro atoms. The van der Waals surface area contributed by atoms with Crippen LogP contribution in [0.15, 0.2) is 6.20 Å². The maximum Gasteiger partial charge on any atom is 0.177 e. The van der Waals surface area contributed by atoms with Crippen molar-refractivity contribution in [2.75, 3.05) is 11.5 Å². The summed E-state index contributed by atoms with van der Waals surface area (Å²) in [5.41, 5.74) is 22.3. The molecule has 0 saturated heterocycles. The number of anilines is 2. The van der Waals surface area contributed by atoms with Crippen molar-refractivity contribution >= 4 is 17.2 Å². The first kappa shape index (κ1) is 16.6. The summed E-state index contributed by atoms with van der Waals surface area (Å²) in [5, 5.41) is 4.56. The third-order valence-electron chi connectivity index (χ3n) is 6.20. The zero-order valence-corrected chi connectivity index (χ0v) is 15.0. The highest BCUT2D eigenvalue weighted by Crippen LogP contribution is 2.35. The van der Waals surface area contributed by atoms with Gasteiger partial charge in [0.25, 0.3) is 0 Å². The average Bonchev–Trinajstić information content (AvgIpc) is 3.04. The van der Waals surface area contributed by atoms with Gasteiger partial charge in [-0.05, 0) is 38.0 Å². The highest BCUT2D eigenvalue weighted by Gasteiger charge is 2.24. The third-order valence-corrected chi connectivity index (χ3v) is 6.20. The van der Waals surface area contributed by atoms with E-state index in [0.717, 1.165) is 54.7 Å². The van der Waals surface area contributed by atoms with Crippen LogP contribution in [0.2, 0.25) is 0 Å². The van der Waals surface area contributed by atoms with Crippen LogP contribution in [0.5, 0.6) is 0 Å². The summed E-state index contributed by atoms with van der Waals surface area (Å²) in [7, 11) is 0. The lowest BCUT2D eigenvalue weighted by molar-refractivity contribution is 0.357. The molecule has 0 bridgehead atoms. The molecule has 4 rings (SSSR count). The van der Waals surface area contributed by atoms with Gasteiger partial charge in [0.2, 0.25) is 0 Å². The molecule has 0 radical (unpaired) electrons. The molecule has 2 aliphatic carbocycles. The summed E-state index contributed by atoms with van der Waals surface area (Å²) >= 11 is 0. The summed E-state index contributed by atoms with van der Waals surface area (Å²) in [6.45, 7) is 0. The van der Waals surface area contributed by atoms with Gasteiger partial charge >= 0.3 is 0 Å². The van der Waals surface area contributed by atoms with E-state index in [-0.39, 0.29) is 0 Å². The molecule has 2 saturated carbocycles. The quantitative estimate of drug-likeness (QED) is 0.794. The van der Waals surface area contributed by atoms with Crippen LogP contribution in [0.25, 0.3) is 5.65 Å². The van der Waals surface area contributed by atoms with Gasteiger partial charge in [-0.2, -0.15) is 0 Å². The number of nitrogens with two attached hydrogens (primary N) is 3. The van der Waals surface area contributed by atoms with Gasteiger partial charge in [-0.25, -0.2) is 9.50 Å². The fourth-order valence-corrected chi connectivity index (χ4v) is 4.60. The molecule has 0 aliphatic heterocycles. The predicted molar refractivity (Wildman–Crippen MR) is 101 cm³/mol. The number of nitrogens with zero attached hydrogens (tertiary/aromatic N) is 3. The Kier molecular flexibility index (Phi) is 4.54. The number of nitrogen functional groups attached to an aromatic ring is 2. The Bertz CT molecular complexity index is 738. The first-order chi connectivity index (χ1) is 12.1. The summed E-state index contributed by atoms with van der Waals surface area (Å²) in [6, 6.07) is 0.342. The van der Waals surface area contributed by atoms with Gasteiger partial charge in [-0.15, -0.1) is 5.10 Å². The molecular weight excluding hydrogens is 312 g/mol. The Hall–Kier alpha value is -1.82. The van der Waals surface area contributed by atoms with E-state index >= 15 is 0 Å². The van der Waals surface area contributed by atoms with Crippen LogP contribution in [0, 0.1) is 5.92 Å². The molecule has 136 valence electrons. The van der Waals surface area contributed by atoms with E-state index in [0.29, 0.717) is 23.7 Å². The van der Waals surface area contributed by atoms with Gasteiger partial charge in [0.1, 0.15) is 5.82 Å². The maximum absolute atomic E-state index is 6.48. The van der Waals surface area contributed by atoms with Crippen LogP contribution in [0.3, 0.4) is 0 Å². The molecule has 0 atom stereocenters. The molecule has 2 aliphatic rings. The average molecular weight is 342 g/mol. The first-order valence-electron chi connectivity index (χ1n) is 9.80. The molecule has 2 aromatic rings. The molecule has 6 heteroatoms. The van der Waals surface area contributed by atoms with Gasteiger partial charge in [0, 0.05) is 17.5 Å². The number of imidazole rings is 1. The van der Waals surface area contributed by atoms with Crippen molar-refractivity contribution in [3.63, 3.8) is 0 Å². The Balaban J connectivity index is 1.62. The maximum atomic E-state index is 6.48. The van der Waals surface area contributed by atoms with E-state index in [1.165, 1.54) is 32.1 Å². The van der Waals surface area contributed by atoms with E-state index < -0.39 is 0 Å². The molecule has 6 N–H and O–H groups in total. The van der Waals surface area contributed by atoms with E-state index in [1.807, 2.05) is 6.20 Å². The topological polar surface area (TPSA) is 108 Å². The van der Waals surface area contributed by atoms with Gasteiger partial charge in [-0.1, -0.05) is 32.1 Å². The normalized spacial score (nSPS) is 25.5. The molecular formula is C19H30N6. The van der Waals surface area contributed by atoms with Crippen molar-refractivity contribution in [3.05, 3.63) is 17.5 Å². The standard InChI is InChI=1S/C19H30N6/c20-14-8-6-13(7-9-14)16-11-25-19(23-16)17(21)15(18(22)24-25)10-12-4-2-1-3-5-12/h11-14H,1-10,20-21H2,(H2,22,24). The molecule has 25 heavy (non-hydrogen) atoms. The molecule has 0 unspecified atom stereocenters. The number of hydrogen-bond acceptors (Lipinski definition) is 5. The van der Waals surface area contributed by atoms with Gasteiger partial charge < -0.3 is 17.2 Å². The Morgan fingerprint density at radius 1 is 1.00 bits per heavy atom. The minimum Gasteiger partial charge on any atom is -0.395 e. The van der Waals surface area contributed by atoms with Crippen molar-refractivity contribution in [3.8, 4) is 0 Å². The van der Waals surface area contributed by atoms with Crippen molar-refractivity contribution in [1.29, 1.82) is 0 Å². The Morgan fingerprint density at radius 2 is 1.72 bits per heavy atom. The SMILES string of the molecule is Nc1nn2cc(C3CCC(N)CC3)nc2c(N)c1CC1CCCCC1. The highest BCUT2D eigenvalue weighted by molar-refractivity contribution is 5.73. The second-order valence-corrected chi connectivity index (χ2v) is 8.03. The highest BCUT2D eigenvalue weighted by atomic mass is 15.3. The van der Waals surface area contributed by atoms with Crippen molar-refractivity contribution in [2.24, 2.45) is 11.7 Å². The van der Waals surface area contributed by atoms with Crippen LogP contribution >= 0.6 is 0 Å². The first-order valence-corrected chi connectivity index (χ1v) is 9.80. The molecule has 0 aromatic carbocycles. The van der Waals surface area contributed by atoms with E-state index in [2.05, 4.69) is 5.10 Å². The number of fused-ring (bicyclic) bond motifs is 1. The summed E-state index contributed by atoms with van der Waals surface area (Å²) in [6.07, 6.45) is 13.8. The predicted octanol–water partition coefficient (Wildman–Crippen LogP) is 3.00. The summed E-state index contributed by atoms with van der Waals surface area (Å²) < 4.78 is 1.78. The Labute approximate surface area is 149 Å².